The predicted octanol–water partition coefficient (Wildman–Crippen LogP) is 2.25. The minimum absolute atomic E-state index is 0.0859. The molecule has 0 fully saturated rings. The van der Waals surface area contributed by atoms with E-state index in [0.717, 1.165) is 19.2 Å². The standard InChI is InChI=1S/C8H7BrClFN2O4S/c1-17-8(14)13-18(15,16)12-7-5(9)2-4(11)3-6(7)10/h2-3,12H,1H3,(H,13,14). The Kier molecular flexibility index (Phi) is 4.77. The SMILES string of the molecule is COC(=O)NS(=O)(=O)Nc1c(Cl)cc(F)cc1Br. The van der Waals surface area contributed by atoms with Crippen molar-refractivity contribution in [3.8, 4) is 0 Å². The van der Waals surface area contributed by atoms with Crippen molar-refractivity contribution in [2.45, 2.75) is 0 Å². The van der Waals surface area contributed by atoms with E-state index in [0.29, 0.717) is 0 Å². The van der Waals surface area contributed by atoms with Crippen molar-refractivity contribution in [2.75, 3.05) is 11.8 Å². The Hall–Kier alpha value is -1.06. The molecule has 1 aromatic carbocycles. The van der Waals surface area contributed by atoms with Crippen molar-refractivity contribution >= 4 is 49.5 Å². The lowest BCUT2D eigenvalue weighted by Crippen LogP contribution is -2.35. The number of hydrogen-bond donors (Lipinski definition) is 2. The van der Waals surface area contributed by atoms with E-state index in [1.807, 2.05) is 4.72 Å². The average molecular weight is 362 g/mol. The van der Waals surface area contributed by atoms with Crippen LogP contribution in [0.25, 0.3) is 0 Å². The van der Waals surface area contributed by atoms with Gasteiger partial charge in [0, 0.05) is 4.47 Å². The van der Waals surface area contributed by atoms with Crippen LogP contribution >= 0.6 is 27.5 Å². The maximum atomic E-state index is 12.9. The topological polar surface area (TPSA) is 84.5 Å². The minimum atomic E-state index is -4.22. The molecule has 0 saturated heterocycles. The van der Waals surface area contributed by atoms with E-state index in [2.05, 4.69) is 20.7 Å². The molecule has 6 nitrogen and oxygen atoms in total. The van der Waals surface area contributed by atoms with Gasteiger partial charge in [-0.1, -0.05) is 11.6 Å². The number of amides is 1. The summed E-state index contributed by atoms with van der Waals surface area (Å²) in [6.45, 7) is 0. The van der Waals surface area contributed by atoms with Crippen LogP contribution < -0.4 is 9.44 Å². The first-order chi connectivity index (χ1) is 8.25. The van der Waals surface area contributed by atoms with Gasteiger partial charge in [-0.15, -0.1) is 0 Å². The molecule has 0 aliphatic rings. The number of carbonyl (C=O) groups excluding carboxylic acids is 1. The molecular formula is C8H7BrClFN2O4S. The average Bonchev–Trinajstić information content (AvgIpc) is 2.22. The molecule has 0 heterocycles. The molecule has 0 saturated carbocycles. The smallest absolute Gasteiger partial charge is 0.422 e. The Balaban J connectivity index is 3.01. The quantitative estimate of drug-likeness (QED) is 0.865. The number of methoxy groups -OCH3 is 1. The van der Waals surface area contributed by atoms with Crippen molar-refractivity contribution in [1.82, 2.24) is 4.72 Å². The van der Waals surface area contributed by atoms with Crippen LogP contribution in [0.3, 0.4) is 0 Å². The van der Waals surface area contributed by atoms with Gasteiger partial charge in [0.2, 0.25) is 0 Å². The third kappa shape index (κ3) is 4.00. The molecule has 0 bridgehead atoms. The van der Waals surface area contributed by atoms with Crippen molar-refractivity contribution < 1.29 is 22.3 Å². The van der Waals surface area contributed by atoms with Gasteiger partial charge in [0.05, 0.1) is 17.8 Å². The summed E-state index contributed by atoms with van der Waals surface area (Å²) in [5, 5.41) is -0.169. The van der Waals surface area contributed by atoms with Crippen molar-refractivity contribution in [1.29, 1.82) is 0 Å². The highest BCUT2D eigenvalue weighted by molar-refractivity contribution is 9.10. The van der Waals surface area contributed by atoms with Crippen LogP contribution in [0.15, 0.2) is 16.6 Å². The molecule has 0 aromatic heterocycles. The van der Waals surface area contributed by atoms with Crippen LogP contribution in [0.5, 0.6) is 0 Å². The fourth-order valence-corrected chi connectivity index (χ4v) is 2.88. The molecule has 10 heteroatoms. The normalized spacial score (nSPS) is 10.9. The van der Waals surface area contributed by atoms with Gasteiger partial charge in [-0.25, -0.2) is 13.9 Å². The molecule has 1 rings (SSSR count). The van der Waals surface area contributed by atoms with Crippen LogP contribution in [-0.2, 0) is 14.9 Å². The van der Waals surface area contributed by atoms with Gasteiger partial charge in [-0.2, -0.15) is 8.42 Å². The molecule has 0 unspecified atom stereocenters. The predicted molar refractivity (Wildman–Crippen MR) is 67.2 cm³/mol. The second kappa shape index (κ2) is 5.72. The summed E-state index contributed by atoms with van der Waals surface area (Å²) >= 11 is 8.61. The lowest BCUT2D eigenvalue weighted by Gasteiger charge is -2.11. The van der Waals surface area contributed by atoms with Gasteiger partial charge in [0.15, 0.2) is 0 Å². The Morgan fingerprint density at radius 2 is 2.11 bits per heavy atom. The number of ether oxygens (including phenoxy) is 1. The summed E-state index contributed by atoms with van der Waals surface area (Å²) in [6.07, 6.45) is -1.17. The Bertz CT molecular complexity index is 557. The first kappa shape index (κ1) is 15.0. The van der Waals surface area contributed by atoms with Crippen molar-refractivity contribution in [3.05, 3.63) is 27.4 Å². The van der Waals surface area contributed by atoms with E-state index in [-0.39, 0.29) is 15.2 Å². The van der Waals surface area contributed by atoms with Gasteiger partial charge in [-0.05, 0) is 28.1 Å². The third-order valence-corrected chi connectivity index (χ3v) is 3.48. The molecule has 100 valence electrons. The largest absolute Gasteiger partial charge is 0.452 e. The lowest BCUT2D eigenvalue weighted by atomic mass is 10.3. The van der Waals surface area contributed by atoms with Gasteiger partial charge < -0.3 is 4.74 Å². The van der Waals surface area contributed by atoms with Crippen LogP contribution in [0.4, 0.5) is 14.9 Å². The molecular weight excluding hydrogens is 355 g/mol. The van der Waals surface area contributed by atoms with Gasteiger partial charge in [0.1, 0.15) is 5.82 Å². The summed E-state index contributed by atoms with van der Waals surface area (Å²) in [4.78, 5) is 10.8. The summed E-state index contributed by atoms with van der Waals surface area (Å²) in [6, 6.07) is 1.93. The molecule has 0 aliphatic carbocycles. The summed E-state index contributed by atoms with van der Waals surface area (Å²) in [5.41, 5.74) is -0.102. The zero-order valence-electron chi connectivity index (χ0n) is 8.83. The third-order valence-electron chi connectivity index (χ3n) is 1.65. The monoisotopic (exact) mass is 360 g/mol. The first-order valence-corrected chi connectivity index (χ1v) is 6.93. The minimum Gasteiger partial charge on any atom is -0.452 e. The lowest BCUT2D eigenvalue weighted by molar-refractivity contribution is 0.177. The number of hydrogen-bond acceptors (Lipinski definition) is 4. The number of halogens is 3. The maximum Gasteiger partial charge on any atom is 0.422 e. The highest BCUT2D eigenvalue weighted by Crippen LogP contribution is 2.32. The van der Waals surface area contributed by atoms with E-state index >= 15 is 0 Å². The van der Waals surface area contributed by atoms with Crippen molar-refractivity contribution in [3.63, 3.8) is 0 Å². The second-order valence-electron chi connectivity index (χ2n) is 2.94. The summed E-state index contributed by atoms with van der Waals surface area (Å²) in [7, 11) is -3.21. The fourth-order valence-electron chi connectivity index (χ4n) is 0.951. The second-order valence-corrected chi connectivity index (χ2v) is 5.62. The van der Waals surface area contributed by atoms with Crippen LogP contribution in [-0.4, -0.2) is 21.6 Å². The molecule has 1 amide bonds. The molecule has 1 aromatic rings. The van der Waals surface area contributed by atoms with Gasteiger partial charge in [0.25, 0.3) is 0 Å². The van der Waals surface area contributed by atoms with Crippen LogP contribution in [0.2, 0.25) is 5.02 Å². The van der Waals surface area contributed by atoms with Crippen LogP contribution in [0, 0.1) is 5.82 Å². The van der Waals surface area contributed by atoms with Crippen LogP contribution in [0.1, 0.15) is 0 Å². The van der Waals surface area contributed by atoms with Crippen molar-refractivity contribution in [2.24, 2.45) is 0 Å². The van der Waals surface area contributed by atoms with Gasteiger partial charge >= 0.3 is 16.3 Å². The number of nitrogens with one attached hydrogen (secondary N) is 2. The Morgan fingerprint density at radius 3 is 2.61 bits per heavy atom. The molecule has 2 N–H and O–H groups in total. The van der Waals surface area contributed by atoms with E-state index in [4.69, 9.17) is 11.6 Å². The molecule has 0 aliphatic heterocycles. The molecule has 0 atom stereocenters. The fraction of sp³-hybridized carbons (Fsp3) is 0.125. The van der Waals surface area contributed by atoms with E-state index in [1.165, 1.54) is 0 Å². The summed E-state index contributed by atoms with van der Waals surface area (Å²) < 4.78 is 43.6. The van der Waals surface area contributed by atoms with E-state index in [1.54, 1.807) is 4.72 Å². The number of benzene rings is 1. The van der Waals surface area contributed by atoms with Gasteiger partial charge in [-0.3, -0.25) is 4.72 Å². The van der Waals surface area contributed by atoms with E-state index in [9.17, 15) is 17.6 Å². The first-order valence-electron chi connectivity index (χ1n) is 4.28. The number of anilines is 1. The van der Waals surface area contributed by atoms with E-state index < -0.39 is 22.1 Å². The Labute approximate surface area is 116 Å². The Morgan fingerprint density at radius 1 is 1.50 bits per heavy atom. The number of rotatable bonds is 3. The molecule has 0 spiro atoms. The maximum absolute atomic E-state index is 12.9. The zero-order valence-corrected chi connectivity index (χ0v) is 12.0. The molecule has 18 heavy (non-hydrogen) atoms. The highest BCUT2D eigenvalue weighted by atomic mass is 79.9. The molecule has 0 radical (unpaired) electrons. The number of carbonyl (C=O) groups is 1. The highest BCUT2D eigenvalue weighted by Gasteiger charge is 2.18. The zero-order chi connectivity index (χ0) is 13.9. The summed E-state index contributed by atoms with van der Waals surface area (Å²) in [5.74, 6) is -0.643.